The predicted molar refractivity (Wildman–Crippen MR) is 71.2 cm³/mol. The Kier molecular flexibility index (Phi) is 4.18. The first kappa shape index (κ1) is 12.6. The Balaban J connectivity index is 2.43. The van der Waals surface area contributed by atoms with E-state index in [1.54, 1.807) is 24.8 Å². The van der Waals surface area contributed by atoms with Crippen molar-refractivity contribution in [3.63, 3.8) is 0 Å². The Labute approximate surface area is 110 Å². The summed E-state index contributed by atoms with van der Waals surface area (Å²) in [6.07, 6.45) is 1.07. The molecule has 0 fully saturated rings. The van der Waals surface area contributed by atoms with Crippen molar-refractivity contribution >= 4 is 35.0 Å². The maximum atomic E-state index is 11.9. The number of benzene rings is 1. The van der Waals surface area contributed by atoms with Gasteiger partial charge in [-0.1, -0.05) is 11.6 Å². The van der Waals surface area contributed by atoms with E-state index in [1.165, 1.54) is 0 Å². The summed E-state index contributed by atoms with van der Waals surface area (Å²) >= 11 is 7.70. The van der Waals surface area contributed by atoms with E-state index >= 15 is 0 Å². The van der Waals surface area contributed by atoms with Crippen molar-refractivity contribution in [1.82, 2.24) is 0 Å². The molecule has 0 saturated carbocycles. The Morgan fingerprint density at radius 2 is 2.41 bits per heavy atom. The molecular weight excluding hydrogens is 258 g/mol. The molecule has 0 aromatic heterocycles. The summed E-state index contributed by atoms with van der Waals surface area (Å²) in [6, 6.07) is 3.54. The summed E-state index contributed by atoms with van der Waals surface area (Å²) < 4.78 is 5.05. The number of hydrogen-bond donors (Lipinski definition) is 1. The second-order valence-electron chi connectivity index (χ2n) is 3.68. The van der Waals surface area contributed by atoms with Crippen molar-refractivity contribution < 1.29 is 9.53 Å². The van der Waals surface area contributed by atoms with Gasteiger partial charge >= 0.3 is 5.97 Å². The standard InChI is InChI=1S/C12H14ClNO2S/c1-2-16-12(15)9-6-8(13)7-10-11(9)17-5-3-4-14-10/h6-7,14H,2-5H2,1H3. The fraction of sp³-hybridized carbons (Fsp3) is 0.417. The number of esters is 1. The van der Waals surface area contributed by atoms with E-state index in [2.05, 4.69) is 5.32 Å². The normalized spacial score (nSPS) is 14.5. The van der Waals surface area contributed by atoms with E-state index in [1.807, 2.05) is 6.07 Å². The fourth-order valence-corrected chi connectivity index (χ4v) is 3.01. The highest BCUT2D eigenvalue weighted by molar-refractivity contribution is 7.99. The van der Waals surface area contributed by atoms with Gasteiger partial charge in [-0.15, -0.1) is 11.8 Å². The van der Waals surface area contributed by atoms with Crippen LogP contribution in [0.1, 0.15) is 23.7 Å². The molecule has 0 bridgehead atoms. The average Bonchev–Trinajstić information content (AvgIpc) is 2.53. The van der Waals surface area contributed by atoms with E-state index < -0.39 is 0 Å². The number of hydrogen-bond acceptors (Lipinski definition) is 4. The summed E-state index contributed by atoms with van der Waals surface area (Å²) in [7, 11) is 0. The number of thioether (sulfide) groups is 1. The molecule has 0 atom stereocenters. The molecule has 1 aromatic carbocycles. The first-order chi connectivity index (χ1) is 8.22. The molecule has 1 heterocycles. The first-order valence-corrected chi connectivity index (χ1v) is 6.96. The molecule has 92 valence electrons. The summed E-state index contributed by atoms with van der Waals surface area (Å²) in [4.78, 5) is 12.8. The van der Waals surface area contributed by atoms with Crippen LogP contribution in [0.5, 0.6) is 0 Å². The van der Waals surface area contributed by atoms with E-state index in [0.29, 0.717) is 17.2 Å². The SMILES string of the molecule is CCOC(=O)c1cc(Cl)cc2c1SCCCN2. The van der Waals surface area contributed by atoms with Crippen molar-refractivity contribution in [1.29, 1.82) is 0 Å². The number of fused-ring (bicyclic) bond motifs is 1. The number of nitrogens with one attached hydrogen (secondary N) is 1. The van der Waals surface area contributed by atoms with E-state index in [4.69, 9.17) is 16.3 Å². The summed E-state index contributed by atoms with van der Waals surface area (Å²) in [5, 5.41) is 3.85. The summed E-state index contributed by atoms with van der Waals surface area (Å²) in [5.41, 5.74) is 1.50. The van der Waals surface area contributed by atoms with Crippen LogP contribution < -0.4 is 5.32 Å². The van der Waals surface area contributed by atoms with Gasteiger partial charge in [-0.05, 0) is 31.2 Å². The Morgan fingerprint density at radius 1 is 1.59 bits per heavy atom. The number of anilines is 1. The highest BCUT2D eigenvalue weighted by atomic mass is 35.5. The molecule has 2 rings (SSSR count). The van der Waals surface area contributed by atoms with Gasteiger partial charge in [0.1, 0.15) is 0 Å². The van der Waals surface area contributed by atoms with Gasteiger partial charge in [0.05, 0.1) is 17.9 Å². The number of rotatable bonds is 2. The molecule has 3 nitrogen and oxygen atoms in total. The molecule has 1 aromatic rings. The minimum absolute atomic E-state index is 0.303. The number of carbonyl (C=O) groups excluding carboxylic acids is 1. The van der Waals surface area contributed by atoms with Crippen molar-refractivity contribution in [3.05, 3.63) is 22.7 Å². The smallest absolute Gasteiger partial charge is 0.339 e. The fourth-order valence-electron chi connectivity index (χ4n) is 1.71. The van der Waals surface area contributed by atoms with Crippen LogP contribution in [0, 0.1) is 0 Å². The van der Waals surface area contributed by atoms with Crippen LogP contribution in [0.2, 0.25) is 5.02 Å². The summed E-state index contributed by atoms with van der Waals surface area (Å²) in [5.74, 6) is 0.691. The number of carbonyl (C=O) groups is 1. The minimum Gasteiger partial charge on any atom is -0.462 e. The molecule has 0 amide bonds. The molecule has 17 heavy (non-hydrogen) atoms. The van der Waals surface area contributed by atoms with Crippen LogP contribution in [-0.2, 0) is 4.74 Å². The van der Waals surface area contributed by atoms with Crippen LogP contribution in [0.15, 0.2) is 17.0 Å². The van der Waals surface area contributed by atoms with Gasteiger partial charge in [-0.2, -0.15) is 0 Å². The topological polar surface area (TPSA) is 38.3 Å². The molecule has 0 radical (unpaired) electrons. The molecule has 5 heteroatoms. The lowest BCUT2D eigenvalue weighted by atomic mass is 10.2. The molecule has 0 aliphatic carbocycles. The van der Waals surface area contributed by atoms with E-state index in [0.717, 1.165) is 29.3 Å². The van der Waals surface area contributed by atoms with Gasteiger partial charge in [-0.25, -0.2) is 4.79 Å². The highest BCUT2D eigenvalue weighted by Gasteiger charge is 2.19. The van der Waals surface area contributed by atoms with Crippen LogP contribution in [0.4, 0.5) is 5.69 Å². The van der Waals surface area contributed by atoms with Crippen molar-refractivity contribution in [3.8, 4) is 0 Å². The Hall–Kier alpha value is -0.870. The van der Waals surface area contributed by atoms with Crippen LogP contribution in [-0.4, -0.2) is 24.9 Å². The van der Waals surface area contributed by atoms with Crippen LogP contribution >= 0.6 is 23.4 Å². The van der Waals surface area contributed by atoms with Gasteiger partial charge in [0, 0.05) is 16.5 Å². The monoisotopic (exact) mass is 271 g/mol. The molecule has 1 aliphatic heterocycles. The molecule has 1 aliphatic rings. The summed E-state index contributed by atoms with van der Waals surface area (Å²) in [6.45, 7) is 3.08. The average molecular weight is 272 g/mol. The van der Waals surface area contributed by atoms with Gasteiger partial charge in [0.2, 0.25) is 0 Å². The molecule has 1 N–H and O–H groups in total. The third-order valence-electron chi connectivity index (χ3n) is 2.43. The van der Waals surface area contributed by atoms with Crippen molar-refractivity contribution in [2.24, 2.45) is 0 Å². The molecule has 0 saturated heterocycles. The van der Waals surface area contributed by atoms with Gasteiger partial charge in [-0.3, -0.25) is 0 Å². The lowest BCUT2D eigenvalue weighted by molar-refractivity contribution is 0.0522. The zero-order valence-corrected chi connectivity index (χ0v) is 11.2. The van der Waals surface area contributed by atoms with Crippen molar-refractivity contribution in [2.75, 3.05) is 24.2 Å². The Bertz CT molecular complexity index is 437. The molecular formula is C12H14ClNO2S. The quantitative estimate of drug-likeness (QED) is 0.837. The third kappa shape index (κ3) is 2.87. The largest absolute Gasteiger partial charge is 0.462 e. The zero-order valence-electron chi connectivity index (χ0n) is 9.59. The molecule has 0 spiro atoms. The number of halogens is 1. The van der Waals surface area contributed by atoms with Gasteiger partial charge in [0.15, 0.2) is 0 Å². The maximum absolute atomic E-state index is 11.9. The van der Waals surface area contributed by atoms with E-state index in [-0.39, 0.29) is 5.97 Å². The second kappa shape index (κ2) is 5.65. The predicted octanol–water partition coefficient (Wildman–Crippen LogP) is 3.42. The highest BCUT2D eigenvalue weighted by Crippen LogP contribution is 2.36. The second-order valence-corrected chi connectivity index (χ2v) is 5.22. The molecule has 0 unspecified atom stereocenters. The Morgan fingerprint density at radius 3 is 3.18 bits per heavy atom. The third-order valence-corrected chi connectivity index (χ3v) is 3.87. The van der Waals surface area contributed by atoms with Crippen LogP contribution in [0.3, 0.4) is 0 Å². The van der Waals surface area contributed by atoms with Crippen molar-refractivity contribution in [2.45, 2.75) is 18.2 Å². The lowest BCUT2D eigenvalue weighted by Crippen LogP contribution is -2.08. The van der Waals surface area contributed by atoms with Gasteiger partial charge in [0.25, 0.3) is 0 Å². The van der Waals surface area contributed by atoms with Gasteiger partial charge < -0.3 is 10.1 Å². The number of ether oxygens (including phenoxy) is 1. The first-order valence-electron chi connectivity index (χ1n) is 5.59. The zero-order chi connectivity index (χ0) is 12.3. The lowest BCUT2D eigenvalue weighted by Gasteiger charge is -2.12. The maximum Gasteiger partial charge on any atom is 0.339 e. The van der Waals surface area contributed by atoms with Crippen LogP contribution in [0.25, 0.3) is 0 Å². The van der Waals surface area contributed by atoms with E-state index in [9.17, 15) is 4.79 Å². The minimum atomic E-state index is -0.303.